The average molecular weight is 193 g/mol. The lowest BCUT2D eigenvalue weighted by Crippen LogP contribution is -2.30. The maximum Gasteiger partial charge on any atom is 0.418 e. The van der Waals surface area contributed by atoms with Crippen molar-refractivity contribution in [2.45, 2.75) is 26.4 Å². The predicted octanol–water partition coefficient (Wildman–Crippen LogP) is 2.10. The van der Waals surface area contributed by atoms with Gasteiger partial charge >= 0.3 is 6.09 Å². The lowest BCUT2D eigenvalue weighted by Gasteiger charge is -2.22. The summed E-state index contributed by atoms with van der Waals surface area (Å²) in [4.78, 5) is 16.5. The van der Waals surface area contributed by atoms with Crippen molar-refractivity contribution in [3.63, 3.8) is 0 Å². The minimum atomic E-state index is -0.494. The van der Waals surface area contributed by atoms with E-state index in [1.165, 1.54) is 11.1 Å². The SMILES string of the molecule is CC(C)(C)OC(=O)N1C=[C]N=CC=C1. The van der Waals surface area contributed by atoms with Gasteiger partial charge < -0.3 is 4.74 Å². The Morgan fingerprint density at radius 2 is 2.21 bits per heavy atom. The van der Waals surface area contributed by atoms with Gasteiger partial charge in [-0.3, -0.25) is 9.89 Å². The number of hydrogen-bond donors (Lipinski definition) is 0. The van der Waals surface area contributed by atoms with E-state index in [1.807, 2.05) is 20.8 Å². The van der Waals surface area contributed by atoms with Crippen LogP contribution in [0.15, 0.2) is 23.5 Å². The van der Waals surface area contributed by atoms with Crippen molar-refractivity contribution in [1.29, 1.82) is 0 Å². The van der Waals surface area contributed by atoms with Crippen LogP contribution in [0.25, 0.3) is 0 Å². The van der Waals surface area contributed by atoms with E-state index in [1.54, 1.807) is 18.5 Å². The number of nitrogens with zero attached hydrogens (tertiary/aromatic N) is 2. The van der Waals surface area contributed by atoms with Crippen LogP contribution in [-0.2, 0) is 4.74 Å². The third-order valence-electron chi connectivity index (χ3n) is 1.28. The van der Waals surface area contributed by atoms with Crippen LogP contribution in [0.4, 0.5) is 4.79 Å². The Labute approximate surface area is 83.6 Å². The fourth-order valence-corrected chi connectivity index (χ4v) is 0.784. The van der Waals surface area contributed by atoms with Crippen LogP contribution in [0.1, 0.15) is 20.8 Å². The zero-order valence-corrected chi connectivity index (χ0v) is 8.52. The van der Waals surface area contributed by atoms with Crippen LogP contribution in [0.3, 0.4) is 0 Å². The first kappa shape index (κ1) is 10.5. The van der Waals surface area contributed by atoms with E-state index in [4.69, 9.17) is 4.74 Å². The summed E-state index contributed by atoms with van der Waals surface area (Å²) in [6.45, 7) is 5.45. The van der Waals surface area contributed by atoms with Crippen molar-refractivity contribution in [2.75, 3.05) is 0 Å². The van der Waals surface area contributed by atoms with Gasteiger partial charge in [0, 0.05) is 18.6 Å². The van der Waals surface area contributed by atoms with E-state index in [0.717, 1.165) is 0 Å². The van der Waals surface area contributed by atoms with Crippen LogP contribution in [-0.4, -0.2) is 22.8 Å². The fourth-order valence-electron chi connectivity index (χ4n) is 0.784. The van der Waals surface area contributed by atoms with E-state index in [9.17, 15) is 4.79 Å². The molecule has 1 rings (SSSR count). The number of ether oxygens (including phenoxy) is 1. The Morgan fingerprint density at radius 3 is 2.86 bits per heavy atom. The lowest BCUT2D eigenvalue weighted by atomic mass is 10.2. The maximum atomic E-state index is 11.5. The largest absolute Gasteiger partial charge is 0.443 e. The average Bonchev–Trinajstić information content (AvgIpc) is 2.27. The second-order valence-electron chi connectivity index (χ2n) is 3.77. The van der Waals surface area contributed by atoms with Gasteiger partial charge in [-0.2, -0.15) is 0 Å². The zero-order chi connectivity index (χ0) is 10.6. The number of allylic oxidation sites excluding steroid dienone is 1. The van der Waals surface area contributed by atoms with E-state index in [-0.39, 0.29) is 0 Å². The lowest BCUT2D eigenvalue weighted by molar-refractivity contribution is 0.0399. The molecule has 0 atom stereocenters. The van der Waals surface area contributed by atoms with Crippen molar-refractivity contribution in [3.05, 3.63) is 24.7 Å². The van der Waals surface area contributed by atoms with Gasteiger partial charge in [0.25, 0.3) is 0 Å². The summed E-state index contributed by atoms with van der Waals surface area (Å²) in [7, 11) is 0. The first-order valence-corrected chi connectivity index (χ1v) is 4.29. The Balaban J connectivity index is 2.62. The van der Waals surface area contributed by atoms with E-state index in [0.29, 0.717) is 0 Å². The van der Waals surface area contributed by atoms with Crippen LogP contribution in [0, 0.1) is 6.20 Å². The smallest absolute Gasteiger partial charge is 0.418 e. The Morgan fingerprint density at radius 1 is 1.50 bits per heavy atom. The van der Waals surface area contributed by atoms with E-state index in [2.05, 4.69) is 11.2 Å². The molecule has 0 aliphatic carbocycles. The molecule has 0 fully saturated rings. The summed E-state index contributed by atoms with van der Waals surface area (Å²) in [5, 5.41) is 0. The molecule has 75 valence electrons. The standard InChI is InChI=1S/C10H13N2O2/c1-10(2,3)14-9(13)12-7-4-5-11-6-8-12/h4-5,7-8H,1-3H3. The first-order chi connectivity index (χ1) is 6.49. The molecule has 0 N–H and O–H groups in total. The summed E-state index contributed by atoms with van der Waals surface area (Å²) in [5.74, 6) is 0. The molecule has 0 saturated heterocycles. The van der Waals surface area contributed by atoms with Crippen molar-refractivity contribution in [2.24, 2.45) is 4.99 Å². The van der Waals surface area contributed by atoms with Crippen LogP contribution >= 0.6 is 0 Å². The van der Waals surface area contributed by atoms with E-state index >= 15 is 0 Å². The highest BCUT2D eigenvalue weighted by Crippen LogP contribution is 2.10. The van der Waals surface area contributed by atoms with Crippen LogP contribution in [0.5, 0.6) is 0 Å². The molecule has 1 aliphatic heterocycles. The Kier molecular flexibility index (Phi) is 3.06. The maximum absolute atomic E-state index is 11.5. The molecule has 0 saturated carbocycles. The van der Waals surface area contributed by atoms with E-state index < -0.39 is 11.7 Å². The summed E-state index contributed by atoms with van der Waals surface area (Å²) in [6, 6.07) is 0. The quantitative estimate of drug-likeness (QED) is 0.591. The molecule has 0 bridgehead atoms. The normalized spacial score (nSPS) is 15.5. The molecule has 0 unspecified atom stereocenters. The zero-order valence-electron chi connectivity index (χ0n) is 8.52. The molecule has 0 aromatic carbocycles. The minimum absolute atomic E-state index is 0.438. The highest BCUT2D eigenvalue weighted by Gasteiger charge is 2.19. The number of rotatable bonds is 0. The molecule has 0 aromatic heterocycles. The van der Waals surface area contributed by atoms with Crippen LogP contribution < -0.4 is 0 Å². The molecule has 1 amide bonds. The molecule has 4 heteroatoms. The number of aliphatic imine (C=N–C) groups is 1. The third kappa shape index (κ3) is 3.43. The highest BCUT2D eigenvalue weighted by molar-refractivity contribution is 5.76. The van der Waals surface area contributed by atoms with Crippen molar-refractivity contribution >= 4 is 12.3 Å². The molecular weight excluding hydrogens is 180 g/mol. The molecule has 1 heterocycles. The van der Waals surface area contributed by atoms with Crippen molar-refractivity contribution in [1.82, 2.24) is 4.90 Å². The summed E-state index contributed by atoms with van der Waals surface area (Å²) in [5.41, 5.74) is -0.494. The molecular formula is C10H13N2O2. The second kappa shape index (κ2) is 4.09. The summed E-state index contributed by atoms with van der Waals surface area (Å²) >= 11 is 0. The number of hydrogen-bond acceptors (Lipinski definition) is 3. The number of carbonyl (C=O) groups excluding carboxylic acids is 1. The monoisotopic (exact) mass is 193 g/mol. The van der Waals surface area contributed by atoms with Gasteiger partial charge in [0.05, 0.1) is 0 Å². The Hall–Kier alpha value is -1.58. The molecule has 4 nitrogen and oxygen atoms in total. The Bertz CT molecular complexity index is 282. The van der Waals surface area contributed by atoms with Crippen LogP contribution in [0.2, 0.25) is 0 Å². The number of carbonyl (C=O) groups is 1. The summed E-state index contributed by atoms with van der Waals surface area (Å²) < 4.78 is 5.14. The van der Waals surface area contributed by atoms with Crippen molar-refractivity contribution < 1.29 is 9.53 Å². The van der Waals surface area contributed by atoms with Gasteiger partial charge in [-0.15, -0.1) is 0 Å². The molecule has 1 radical (unpaired) electrons. The van der Waals surface area contributed by atoms with Gasteiger partial charge in [-0.05, 0) is 26.8 Å². The predicted molar refractivity (Wildman–Crippen MR) is 53.5 cm³/mol. The molecule has 0 aromatic rings. The number of amides is 1. The topological polar surface area (TPSA) is 41.9 Å². The molecule has 14 heavy (non-hydrogen) atoms. The van der Waals surface area contributed by atoms with Gasteiger partial charge in [0.2, 0.25) is 0 Å². The molecule has 0 spiro atoms. The van der Waals surface area contributed by atoms with Crippen molar-refractivity contribution in [3.8, 4) is 0 Å². The minimum Gasteiger partial charge on any atom is -0.443 e. The van der Waals surface area contributed by atoms with Gasteiger partial charge in [-0.1, -0.05) is 0 Å². The fraction of sp³-hybridized carbons (Fsp3) is 0.400. The molecule has 1 aliphatic rings. The van der Waals surface area contributed by atoms with Gasteiger partial charge in [0.1, 0.15) is 11.8 Å². The van der Waals surface area contributed by atoms with Gasteiger partial charge in [0.15, 0.2) is 0 Å². The summed E-state index contributed by atoms with van der Waals surface area (Å²) in [6.07, 6.45) is 8.31. The van der Waals surface area contributed by atoms with Gasteiger partial charge in [-0.25, -0.2) is 4.79 Å². The first-order valence-electron chi connectivity index (χ1n) is 4.29. The second-order valence-corrected chi connectivity index (χ2v) is 3.77. The third-order valence-corrected chi connectivity index (χ3v) is 1.28. The highest BCUT2D eigenvalue weighted by atomic mass is 16.6.